The van der Waals surface area contributed by atoms with Crippen LogP contribution in [-0.4, -0.2) is 215 Å². The van der Waals surface area contributed by atoms with Gasteiger partial charge in [-0.2, -0.15) is 0 Å². The van der Waals surface area contributed by atoms with Crippen molar-refractivity contribution in [2.75, 3.05) is 96.6 Å². The molecule has 77 heavy (non-hydrogen) atoms. The Morgan fingerprint density at radius 3 is 1.21 bits per heavy atom. The molecule has 0 aromatic heterocycles. The summed E-state index contributed by atoms with van der Waals surface area (Å²) in [5.74, 6) is 0.706. The van der Waals surface area contributed by atoms with E-state index in [-0.39, 0.29) is 86.6 Å². The van der Waals surface area contributed by atoms with Crippen LogP contribution < -0.4 is 0 Å². The Kier molecular flexibility index (Phi) is 43.8. The highest BCUT2D eigenvalue weighted by Gasteiger charge is 2.22. The van der Waals surface area contributed by atoms with Crippen molar-refractivity contribution < 1.29 is 68.1 Å². The molecule has 0 spiro atoms. The number of unbranched alkanes of at least 4 members (excludes halogenated alkanes) is 2. The monoisotopic (exact) mass is 1140 g/mol. The van der Waals surface area contributed by atoms with E-state index in [2.05, 4.69) is 14.7 Å². The first-order valence-corrected chi connectivity index (χ1v) is 32.1. The van der Waals surface area contributed by atoms with Crippen molar-refractivity contribution in [2.45, 2.75) is 239 Å². The lowest BCUT2D eigenvalue weighted by Gasteiger charge is -2.34. The Balaban J connectivity index is 2.47. The molecule has 0 aromatic carbocycles. The summed E-state index contributed by atoms with van der Waals surface area (Å²) in [4.78, 5) is 70.1. The molecule has 1 rings (SSSR count). The zero-order valence-corrected chi connectivity index (χ0v) is 50.7. The van der Waals surface area contributed by atoms with Crippen LogP contribution in [0.15, 0.2) is 0 Å². The molecule has 1 aliphatic rings. The Morgan fingerprint density at radius 1 is 0.442 bits per heavy atom. The van der Waals surface area contributed by atoms with E-state index < -0.39 is 24.4 Å². The third-order valence-electron chi connectivity index (χ3n) is 13.5. The highest BCUT2D eigenvalue weighted by atomic mass is 33.1. The molecule has 1 saturated heterocycles. The molecule has 18 nitrogen and oxygen atoms in total. The van der Waals surface area contributed by atoms with Gasteiger partial charge in [-0.25, -0.2) is 0 Å². The highest BCUT2D eigenvalue weighted by molar-refractivity contribution is 8.76. The number of rotatable bonds is 49. The maximum atomic E-state index is 12.8. The molecule has 452 valence electrons. The van der Waals surface area contributed by atoms with E-state index in [4.69, 9.17) is 23.7 Å². The van der Waals surface area contributed by atoms with Crippen LogP contribution in [0.5, 0.6) is 0 Å². The van der Waals surface area contributed by atoms with Crippen LogP contribution >= 0.6 is 21.6 Å². The van der Waals surface area contributed by atoms with Gasteiger partial charge in [-0.05, 0) is 131 Å². The third-order valence-corrected chi connectivity index (χ3v) is 15.9. The molecule has 0 saturated carbocycles. The highest BCUT2D eigenvalue weighted by Crippen LogP contribution is 2.23. The molecule has 0 aliphatic carbocycles. The van der Waals surface area contributed by atoms with Gasteiger partial charge < -0.3 is 44.1 Å². The van der Waals surface area contributed by atoms with Crippen molar-refractivity contribution in [1.29, 1.82) is 0 Å². The fraction of sp³-hybridized carbons (Fsp3) is 0.912. The summed E-state index contributed by atoms with van der Waals surface area (Å²) in [5.41, 5.74) is 0. The van der Waals surface area contributed by atoms with Gasteiger partial charge in [-0.1, -0.05) is 62.1 Å². The Labute approximate surface area is 472 Å². The van der Waals surface area contributed by atoms with Gasteiger partial charge in [0.15, 0.2) is 0 Å². The first-order valence-electron chi connectivity index (χ1n) is 29.6. The summed E-state index contributed by atoms with van der Waals surface area (Å²) in [7, 11) is 3.71. The van der Waals surface area contributed by atoms with Gasteiger partial charge in [-0.15, -0.1) is 0 Å². The quantitative estimate of drug-likeness (QED) is 0.0199. The molecule has 0 bridgehead atoms. The number of aliphatic hydroxyl groups excluding tert-OH is 4. The summed E-state index contributed by atoms with van der Waals surface area (Å²) in [5, 5.41) is 43.6. The number of piperazine rings is 1. The molecule has 4 N–H and O–H groups in total. The largest absolute Gasteiger partial charge is 0.464 e. The molecule has 4 atom stereocenters. The van der Waals surface area contributed by atoms with Gasteiger partial charge in [-0.3, -0.25) is 43.6 Å². The second-order valence-electron chi connectivity index (χ2n) is 21.3. The molecule has 0 amide bonds. The van der Waals surface area contributed by atoms with Crippen LogP contribution in [0, 0.1) is 0 Å². The minimum Gasteiger partial charge on any atom is -0.464 e. The van der Waals surface area contributed by atoms with Crippen molar-refractivity contribution in [1.82, 2.24) is 19.6 Å². The summed E-state index contributed by atoms with van der Waals surface area (Å²) in [6.07, 6.45) is 8.37. The number of carbonyl (C=O) groups is 5. The fourth-order valence-electron chi connectivity index (χ4n) is 9.05. The number of nitrogens with zero attached hydrogens (tertiary/aromatic N) is 4. The van der Waals surface area contributed by atoms with E-state index in [1.807, 2.05) is 81.9 Å². The maximum absolute atomic E-state index is 12.8. The molecule has 4 unspecified atom stereocenters. The van der Waals surface area contributed by atoms with Crippen LogP contribution in [0.2, 0.25) is 0 Å². The molecular formula is C57H108N4O14S2. The smallest absolute Gasteiger partial charge is 0.306 e. The van der Waals surface area contributed by atoms with Crippen molar-refractivity contribution in [3.63, 3.8) is 0 Å². The van der Waals surface area contributed by atoms with Gasteiger partial charge in [0.2, 0.25) is 0 Å². The van der Waals surface area contributed by atoms with Crippen molar-refractivity contribution in [3.05, 3.63) is 0 Å². The molecule has 1 fully saturated rings. The normalized spacial score (nSPS) is 15.1. The van der Waals surface area contributed by atoms with E-state index >= 15 is 0 Å². The molecule has 20 heteroatoms. The van der Waals surface area contributed by atoms with Crippen LogP contribution in [0.1, 0.15) is 190 Å². The van der Waals surface area contributed by atoms with Crippen LogP contribution in [-0.2, 0) is 47.7 Å². The first-order chi connectivity index (χ1) is 36.8. The minimum absolute atomic E-state index is 0.0938. The topological polar surface area (TPSA) is 225 Å². The zero-order valence-electron chi connectivity index (χ0n) is 49.1. The van der Waals surface area contributed by atoms with Gasteiger partial charge >= 0.3 is 29.8 Å². The standard InChI is InChI=1S/C57H108N4O14S2/c1-9-51(10-2)74-56(69)27-17-23-49(64)43-60(44-50(65)24-18-28-57(70)75-52(11-3)12-4)30-19-29-53(66)71-38-36-58-32-34-59(35-33-58)37-40-77-76-39-20-31-61(41-47(62)21-13-15-25-54(67)72-45(5)6)42-48(63)22-14-16-26-55(68)73-46(7)8/h45-52,62-65H,9-44H2,1-8H3. The first kappa shape index (κ1) is 72.7. The van der Waals surface area contributed by atoms with Crippen LogP contribution in [0.3, 0.4) is 0 Å². The number of esters is 5. The third kappa shape index (κ3) is 41.4. The van der Waals surface area contributed by atoms with E-state index in [1.54, 1.807) is 0 Å². The summed E-state index contributed by atoms with van der Waals surface area (Å²) in [6.45, 7) is 23.6. The summed E-state index contributed by atoms with van der Waals surface area (Å²) in [6, 6.07) is 0. The molecular weight excluding hydrogens is 1030 g/mol. The second-order valence-corrected chi connectivity index (χ2v) is 24.1. The maximum Gasteiger partial charge on any atom is 0.306 e. The summed E-state index contributed by atoms with van der Waals surface area (Å²) < 4.78 is 27.1. The molecule has 1 heterocycles. The zero-order chi connectivity index (χ0) is 57.2. The van der Waals surface area contributed by atoms with Gasteiger partial charge in [0.05, 0.1) is 36.6 Å². The number of ether oxygens (including phenoxy) is 5. The Hall–Kier alpha value is -2.27. The number of hydrogen-bond donors (Lipinski definition) is 4. The fourth-order valence-corrected chi connectivity index (χ4v) is 11.2. The average Bonchev–Trinajstić information content (AvgIpc) is 3.37. The Morgan fingerprint density at radius 2 is 0.792 bits per heavy atom. The van der Waals surface area contributed by atoms with Gasteiger partial charge in [0.25, 0.3) is 0 Å². The SMILES string of the molecule is CCC(CC)OC(=O)CCCC(O)CN(CCCC(=O)OCCN1CCN(CCSSCCCN(CC(O)CCCCC(=O)OC(C)C)CC(O)CCCCC(=O)OC(C)C)CC1)CC(O)CCCC(=O)OC(CC)CC. The number of aliphatic hydroxyl groups is 4. The second kappa shape index (κ2) is 46.3. The predicted molar refractivity (Wildman–Crippen MR) is 308 cm³/mol. The van der Waals surface area contributed by atoms with Crippen molar-refractivity contribution >= 4 is 51.4 Å². The lowest BCUT2D eigenvalue weighted by atomic mass is 10.1. The molecule has 1 aliphatic heterocycles. The van der Waals surface area contributed by atoms with E-state index in [0.717, 1.165) is 82.9 Å². The predicted octanol–water partition coefficient (Wildman–Crippen LogP) is 7.57. The number of carbonyl (C=O) groups excluding carboxylic acids is 5. The Bertz CT molecular complexity index is 1440. The molecule has 0 radical (unpaired) electrons. The van der Waals surface area contributed by atoms with Crippen LogP contribution in [0.25, 0.3) is 0 Å². The average molecular weight is 1140 g/mol. The van der Waals surface area contributed by atoms with Crippen molar-refractivity contribution in [2.24, 2.45) is 0 Å². The van der Waals surface area contributed by atoms with Crippen molar-refractivity contribution in [3.8, 4) is 0 Å². The van der Waals surface area contributed by atoms with Gasteiger partial charge in [0, 0.05) is 109 Å². The summed E-state index contributed by atoms with van der Waals surface area (Å²) >= 11 is 0. The van der Waals surface area contributed by atoms with E-state index in [9.17, 15) is 44.4 Å². The lowest BCUT2D eigenvalue weighted by molar-refractivity contribution is -0.150. The minimum atomic E-state index is -0.729. The number of hydrogen-bond acceptors (Lipinski definition) is 20. The van der Waals surface area contributed by atoms with Crippen LogP contribution in [0.4, 0.5) is 0 Å². The van der Waals surface area contributed by atoms with Gasteiger partial charge in [0.1, 0.15) is 18.8 Å². The molecule has 0 aromatic rings. The van der Waals surface area contributed by atoms with E-state index in [0.29, 0.717) is 116 Å². The lowest BCUT2D eigenvalue weighted by Crippen LogP contribution is -2.47. The van der Waals surface area contributed by atoms with E-state index in [1.165, 1.54) is 0 Å².